The molecule has 4 heteroatoms. The van der Waals surface area contributed by atoms with Crippen molar-refractivity contribution in [3.63, 3.8) is 0 Å². The van der Waals surface area contributed by atoms with Crippen LogP contribution in [-0.4, -0.2) is 6.54 Å². The van der Waals surface area contributed by atoms with Gasteiger partial charge in [-0.15, -0.1) is 11.3 Å². The van der Waals surface area contributed by atoms with Crippen LogP contribution < -0.4 is 5.32 Å². The SMILES string of the molecule is CCCNCc1cc(-c2sccc2Br)ccc1F. The second kappa shape index (κ2) is 6.45. The molecule has 1 aromatic carbocycles. The molecule has 2 aromatic rings. The van der Waals surface area contributed by atoms with Crippen LogP contribution in [0.3, 0.4) is 0 Å². The highest BCUT2D eigenvalue weighted by Crippen LogP contribution is 2.34. The topological polar surface area (TPSA) is 12.0 Å². The van der Waals surface area contributed by atoms with Crippen LogP contribution in [0.2, 0.25) is 0 Å². The molecule has 1 nitrogen and oxygen atoms in total. The highest BCUT2D eigenvalue weighted by molar-refractivity contribution is 9.10. The number of halogens is 2. The predicted molar refractivity (Wildman–Crippen MR) is 79.4 cm³/mol. The van der Waals surface area contributed by atoms with Crippen LogP contribution in [0.1, 0.15) is 18.9 Å². The zero-order valence-electron chi connectivity index (χ0n) is 10.2. The predicted octanol–water partition coefficient (Wildman–Crippen LogP) is 4.82. The molecule has 0 saturated heterocycles. The number of nitrogens with one attached hydrogen (secondary N) is 1. The molecule has 0 aliphatic rings. The maximum atomic E-state index is 13.7. The Morgan fingerprint density at radius 3 is 2.83 bits per heavy atom. The highest BCUT2D eigenvalue weighted by Gasteiger charge is 2.08. The fourth-order valence-corrected chi connectivity index (χ4v) is 3.35. The Morgan fingerprint density at radius 2 is 2.17 bits per heavy atom. The number of thiophene rings is 1. The summed E-state index contributed by atoms with van der Waals surface area (Å²) in [6.45, 7) is 3.59. The maximum absolute atomic E-state index is 13.7. The molecule has 0 saturated carbocycles. The van der Waals surface area contributed by atoms with Gasteiger partial charge in [0, 0.05) is 21.5 Å². The first kappa shape index (κ1) is 13.7. The number of rotatable bonds is 5. The van der Waals surface area contributed by atoms with Gasteiger partial charge in [-0.1, -0.05) is 13.0 Å². The van der Waals surface area contributed by atoms with Gasteiger partial charge in [0.1, 0.15) is 5.82 Å². The van der Waals surface area contributed by atoms with Gasteiger partial charge in [-0.05, 0) is 58.0 Å². The van der Waals surface area contributed by atoms with Gasteiger partial charge in [0.2, 0.25) is 0 Å². The fourth-order valence-electron chi connectivity index (χ4n) is 1.75. The van der Waals surface area contributed by atoms with Crippen molar-refractivity contribution in [2.24, 2.45) is 0 Å². The van der Waals surface area contributed by atoms with Crippen LogP contribution in [0.4, 0.5) is 4.39 Å². The van der Waals surface area contributed by atoms with Crippen LogP contribution in [0.25, 0.3) is 10.4 Å². The summed E-state index contributed by atoms with van der Waals surface area (Å²) in [5, 5.41) is 5.26. The average molecular weight is 328 g/mol. The van der Waals surface area contributed by atoms with Gasteiger partial charge >= 0.3 is 0 Å². The van der Waals surface area contributed by atoms with Gasteiger partial charge < -0.3 is 5.32 Å². The first-order chi connectivity index (χ1) is 8.72. The zero-order chi connectivity index (χ0) is 13.0. The summed E-state index contributed by atoms with van der Waals surface area (Å²) < 4.78 is 14.8. The van der Waals surface area contributed by atoms with E-state index < -0.39 is 0 Å². The van der Waals surface area contributed by atoms with Gasteiger partial charge in [0.15, 0.2) is 0 Å². The normalized spacial score (nSPS) is 10.8. The molecule has 0 radical (unpaired) electrons. The Morgan fingerprint density at radius 1 is 1.33 bits per heavy atom. The molecule has 0 amide bonds. The lowest BCUT2D eigenvalue weighted by Gasteiger charge is -2.07. The molecule has 0 spiro atoms. The number of hydrogen-bond donors (Lipinski definition) is 1. The van der Waals surface area contributed by atoms with Crippen LogP contribution in [-0.2, 0) is 6.54 Å². The molecule has 18 heavy (non-hydrogen) atoms. The lowest BCUT2D eigenvalue weighted by molar-refractivity contribution is 0.587. The van der Waals surface area contributed by atoms with Gasteiger partial charge in [0.25, 0.3) is 0 Å². The third kappa shape index (κ3) is 3.19. The van der Waals surface area contributed by atoms with Crippen LogP contribution in [0, 0.1) is 5.82 Å². The van der Waals surface area contributed by atoms with E-state index in [0.29, 0.717) is 6.54 Å². The molecule has 0 atom stereocenters. The lowest BCUT2D eigenvalue weighted by Crippen LogP contribution is -2.14. The molecular formula is C14H15BrFNS. The molecule has 0 bridgehead atoms. The fraction of sp³-hybridized carbons (Fsp3) is 0.286. The average Bonchev–Trinajstić information content (AvgIpc) is 2.78. The molecule has 0 aliphatic carbocycles. The first-order valence-corrected chi connectivity index (χ1v) is 7.62. The Labute approximate surface area is 119 Å². The Balaban J connectivity index is 2.23. The van der Waals surface area contributed by atoms with Crippen molar-refractivity contribution in [3.05, 3.63) is 45.5 Å². The van der Waals surface area contributed by atoms with Gasteiger partial charge in [-0.3, -0.25) is 0 Å². The quantitative estimate of drug-likeness (QED) is 0.776. The summed E-state index contributed by atoms with van der Waals surface area (Å²) in [5.74, 6) is -0.143. The van der Waals surface area contributed by atoms with E-state index in [4.69, 9.17) is 0 Å². The van der Waals surface area contributed by atoms with Crippen molar-refractivity contribution in [3.8, 4) is 10.4 Å². The minimum atomic E-state index is -0.143. The van der Waals surface area contributed by atoms with E-state index in [2.05, 4.69) is 28.2 Å². The Bertz CT molecular complexity index is 524. The molecule has 2 rings (SSSR count). The van der Waals surface area contributed by atoms with Crippen LogP contribution in [0.5, 0.6) is 0 Å². The molecule has 1 aromatic heterocycles. The molecule has 0 unspecified atom stereocenters. The molecule has 0 aliphatic heterocycles. The summed E-state index contributed by atoms with van der Waals surface area (Å²) in [5.41, 5.74) is 1.79. The standard InChI is InChI=1S/C14H15BrFNS/c1-2-6-17-9-11-8-10(3-4-13(11)16)14-12(15)5-7-18-14/h3-5,7-8,17H,2,6,9H2,1H3. The molecule has 1 N–H and O–H groups in total. The smallest absolute Gasteiger partial charge is 0.127 e. The third-order valence-electron chi connectivity index (χ3n) is 2.67. The van der Waals surface area contributed by atoms with Gasteiger partial charge in [-0.25, -0.2) is 4.39 Å². The lowest BCUT2D eigenvalue weighted by atomic mass is 10.1. The van der Waals surface area contributed by atoms with Crippen molar-refractivity contribution in [1.82, 2.24) is 5.32 Å². The van der Waals surface area contributed by atoms with Crippen molar-refractivity contribution in [2.45, 2.75) is 19.9 Å². The Hall–Kier alpha value is -0.710. The van der Waals surface area contributed by atoms with Gasteiger partial charge in [-0.2, -0.15) is 0 Å². The van der Waals surface area contributed by atoms with E-state index in [1.54, 1.807) is 17.4 Å². The van der Waals surface area contributed by atoms with Gasteiger partial charge in [0.05, 0.1) is 0 Å². The van der Waals surface area contributed by atoms with E-state index in [-0.39, 0.29) is 5.82 Å². The number of benzene rings is 1. The minimum absolute atomic E-state index is 0.143. The summed E-state index contributed by atoms with van der Waals surface area (Å²) in [6, 6.07) is 7.31. The first-order valence-electron chi connectivity index (χ1n) is 5.95. The number of hydrogen-bond acceptors (Lipinski definition) is 2. The van der Waals surface area contributed by atoms with Crippen molar-refractivity contribution in [2.75, 3.05) is 6.54 Å². The summed E-state index contributed by atoms with van der Waals surface area (Å²) >= 11 is 5.17. The zero-order valence-corrected chi connectivity index (χ0v) is 12.6. The third-order valence-corrected chi connectivity index (χ3v) is 4.55. The largest absolute Gasteiger partial charge is 0.313 e. The van der Waals surface area contributed by atoms with Crippen molar-refractivity contribution in [1.29, 1.82) is 0 Å². The molecule has 1 heterocycles. The van der Waals surface area contributed by atoms with E-state index in [1.165, 1.54) is 0 Å². The minimum Gasteiger partial charge on any atom is -0.313 e. The van der Waals surface area contributed by atoms with E-state index in [9.17, 15) is 4.39 Å². The van der Waals surface area contributed by atoms with Crippen molar-refractivity contribution >= 4 is 27.3 Å². The van der Waals surface area contributed by atoms with Crippen molar-refractivity contribution < 1.29 is 4.39 Å². The van der Waals surface area contributed by atoms with E-state index in [0.717, 1.165) is 33.4 Å². The molecular weight excluding hydrogens is 313 g/mol. The summed E-state index contributed by atoms with van der Waals surface area (Å²) in [6.07, 6.45) is 1.05. The Kier molecular flexibility index (Phi) is 4.92. The molecule has 0 fully saturated rings. The second-order valence-electron chi connectivity index (χ2n) is 4.08. The molecule has 96 valence electrons. The van der Waals surface area contributed by atoms with Crippen LogP contribution in [0.15, 0.2) is 34.1 Å². The van der Waals surface area contributed by atoms with Crippen LogP contribution >= 0.6 is 27.3 Å². The van der Waals surface area contributed by atoms with E-state index >= 15 is 0 Å². The maximum Gasteiger partial charge on any atom is 0.127 e. The summed E-state index contributed by atoms with van der Waals surface area (Å²) in [4.78, 5) is 1.15. The second-order valence-corrected chi connectivity index (χ2v) is 5.85. The monoisotopic (exact) mass is 327 g/mol. The highest BCUT2D eigenvalue weighted by atomic mass is 79.9. The van der Waals surface area contributed by atoms with E-state index in [1.807, 2.05) is 23.6 Å². The summed E-state index contributed by atoms with van der Waals surface area (Å²) in [7, 11) is 0.